The monoisotopic (exact) mass is 247 g/mol. The quantitative estimate of drug-likeness (QED) is 0.854. The van der Waals surface area contributed by atoms with Gasteiger partial charge >= 0.3 is 0 Å². The first kappa shape index (κ1) is 11.9. The van der Waals surface area contributed by atoms with Crippen LogP contribution in [0.4, 0.5) is 16.0 Å². The third kappa shape index (κ3) is 2.40. The number of aromatic nitrogens is 3. The van der Waals surface area contributed by atoms with Gasteiger partial charge in [-0.1, -0.05) is 6.07 Å². The van der Waals surface area contributed by atoms with E-state index in [0.29, 0.717) is 0 Å². The number of hydrogen-bond acceptors (Lipinski definition) is 5. The van der Waals surface area contributed by atoms with E-state index in [2.05, 4.69) is 25.8 Å². The molecule has 0 unspecified atom stereocenters. The number of benzene rings is 1. The Labute approximate surface area is 102 Å². The summed E-state index contributed by atoms with van der Waals surface area (Å²) >= 11 is 0. The van der Waals surface area contributed by atoms with Crippen molar-refractivity contribution in [2.45, 2.75) is 0 Å². The Bertz CT molecular complexity index is 561. The van der Waals surface area contributed by atoms with Gasteiger partial charge in [-0.25, -0.2) is 9.37 Å². The third-order valence-corrected chi connectivity index (χ3v) is 2.22. The lowest BCUT2D eigenvalue weighted by Gasteiger charge is -2.09. The maximum atomic E-state index is 13.5. The van der Waals surface area contributed by atoms with Gasteiger partial charge in [0.1, 0.15) is 5.82 Å². The standard InChI is InChI=1S/C11H10FN5O/c1-13-9-7(3-2-4-8(9)12)10(18)16-11-14-5-6-15-17-11/h2-6,13H,1H3,(H,14,16,17,18). The second kappa shape index (κ2) is 5.17. The van der Waals surface area contributed by atoms with Crippen LogP contribution in [0.5, 0.6) is 0 Å². The van der Waals surface area contributed by atoms with Crippen LogP contribution in [0, 0.1) is 5.82 Å². The van der Waals surface area contributed by atoms with E-state index in [9.17, 15) is 9.18 Å². The Hall–Kier alpha value is -2.57. The van der Waals surface area contributed by atoms with E-state index in [1.54, 1.807) is 0 Å². The van der Waals surface area contributed by atoms with Gasteiger partial charge in [0.15, 0.2) is 0 Å². The molecule has 18 heavy (non-hydrogen) atoms. The fourth-order valence-corrected chi connectivity index (χ4v) is 1.44. The Morgan fingerprint density at radius 2 is 2.17 bits per heavy atom. The van der Waals surface area contributed by atoms with Gasteiger partial charge in [-0.15, -0.1) is 5.10 Å². The maximum absolute atomic E-state index is 13.5. The number of nitrogens with one attached hydrogen (secondary N) is 2. The van der Waals surface area contributed by atoms with Crippen LogP contribution in [0.1, 0.15) is 10.4 Å². The van der Waals surface area contributed by atoms with Crippen molar-refractivity contribution in [1.29, 1.82) is 0 Å². The van der Waals surface area contributed by atoms with E-state index < -0.39 is 11.7 Å². The topological polar surface area (TPSA) is 79.8 Å². The predicted octanol–water partition coefficient (Wildman–Crippen LogP) is 1.30. The first-order chi connectivity index (χ1) is 8.72. The van der Waals surface area contributed by atoms with Crippen molar-refractivity contribution in [3.63, 3.8) is 0 Å². The molecule has 0 aliphatic carbocycles. The van der Waals surface area contributed by atoms with E-state index in [1.165, 1.54) is 37.6 Å². The number of anilines is 2. The second-order valence-corrected chi connectivity index (χ2v) is 3.33. The zero-order chi connectivity index (χ0) is 13.0. The number of halogens is 1. The van der Waals surface area contributed by atoms with Gasteiger partial charge in [0.25, 0.3) is 5.91 Å². The SMILES string of the molecule is CNc1c(F)cccc1C(=O)Nc1nccnn1. The Morgan fingerprint density at radius 3 is 2.83 bits per heavy atom. The summed E-state index contributed by atoms with van der Waals surface area (Å²) in [5.74, 6) is -0.946. The van der Waals surface area contributed by atoms with Crippen molar-refractivity contribution in [3.05, 3.63) is 42.0 Å². The van der Waals surface area contributed by atoms with Gasteiger partial charge in [0.05, 0.1) is 23.6 Å². The average Bonchev–Trinajstić information content (AvgIpc) is 2.39. The number of hydrogen-bond donors (Lipinski definition) is 2. The summed E-state index contributed by atoms with van der Waals surface area (Å²) in [6, 6.07) is 4.22. The molecule has 0 aliphatic heterocycles. The van der Waals surface area contributed by atoms with Crippen molar-refractivity contribution in [1.82, 2.24) is 15.2 Å². The van der Waals surface area contributed by atoms with Crippen LogP contribution in [-0.2, 0) is 0 Å². The molecule has 1 aromatic carbocycles. The molecule has 0 radical (unpaired) electrons. The molecule has 7 heteroatoms. The average molecular weight is 247 g/mol. The molecule has 0 atom stereocenters. The van der Waals surface area contributed by atoms with Crippen LogP contribution >= 0.6 is 0 Å². The second-order valence-electron chi connectivity index (χ2n) is 3.33. The zero-order valence-electron chi connectivity index (χ0n) is 9.51. The summed E-state index contributed by atoms with van der Waals surface area (Å²) in [6.45, 7) is 0. The van der Waals surface area contributed by atoms with Crippen LogP contribution in [-0.4, -0.2) is 28.1 Å². The van der Waals surface area contributed by atoms with E-state index in [1.807, 2.05) is 0 Å². The summed E-state index contributed by atoms with van der Waals surface area (Å²) in [7, 11) is 1.54. The zero-order valence-corrected chi connectivity index (χ0v) is 9.51. The van der Waals surface area contributed by atoms with Crippen molar-refractivity contribution < 1.29 is 9.18 Å². The maximum Gasteiger partial charge on any atom is 0.260 e. The summed E-state index contributed by atoms with van der Waals surface area (Å²) in [6.07, 6.45) is 2.78. The van der Waals surface area contributed by atoms with Crippen molar-refractivity contribution in [3.8, 4) is 0 Å². The fraction of sp³-hybridized carbons (Fsp3) is 0.0909. The lowest BCUT2D eigenvalue weighted by Crippen LogP contribution is -2.16. The molecule has 0 bridgehead atoms. The van der Waals surface area contributed by atoms with Gasteiger partial charge in [-0.3, -0.25) is 10.1 Å². The summed E-state index contributed by atoms with van der Waals surface area (Å²) in [5, 5.41) is 12.3. The molecule has 1 amide bonds. The molecular weight excluding hydrogens is 237 g/mol. The Morgan fingerprint density at radius 1 is 1.33 bits per heavy atom. The van der Waals surface area contributed by atoms with Crippen LogP contribution in [0.15, 0.2) is 30.6 Å². The minimum Gasteiger partial charge on any atom is -0.385 e. The molecule has 6 nitrogen and oxygen atoms in total. The van der Waals surface area contributed by atoms with Gasteiger partial charge in [0.2, 0.25) is 5.95 Å². The van der Waals surface area contributed by atoms with E-state index in [-0.39, 0.29) is 17.2 Å². The largest absolute Gasteiger partial charge is 0.385 e. The number of rotatable bonds is 3. The summed E-state index contributed by atoms with van der Waals surface area (Å²) in [4.78, 5) is 15.7. The van der Waals surface area contributed by atoms with Crippen molar-refractivity contribution in [2.75, 3.05) is 17.7 Å². The molecule has 1 aromatic heterocycles. The van der Waals surface area contributed by atoms with E-state index in [4.69, 9.17) is 0 Å². The van der Waals surface area contributed by atoms with Gasteiger partial charge in [-0.2, -0.15) is 5.10 Å². The molecule has 0 aliphatic rings. The van der Waals surface area contributed by atoms with Crippen LogP contribution < -0.4 is 10.6 Å². The minimum atomic E-state index is -0.508. The molecule has 0 fully saturated rings. The summed E-state index contributed by atoms with van der Waals surface area (Å²) in [5.41, 5.74) is 0.295. The smallest absolute Gasteiger partial charge is 0.260 e. The third-order valence-electron chi connectivity index (χ3n) is 2.22. The summed E-state index contributed by atoms with van der Waals surface area (Å²) < 4.78 is 13.5. The molecule has 0 saturated carbocycles. The van der Waals surface area contributed by atoms with Gasteiger partial charge < -0.3 is 5.32 Å². The van der Waals surface area contributed by atoms with Gasteiger partial charge in [-0.05, 0) is 12.1 Å². The molecule has 2 rings (SSSR count). The highest BCUT2D eigenvalue weighted by Gasteiger charge is 2.14. The van der Waals surface area contributed by atoms with Gasteiger partial charge in [0, 0.05) is 7.05 Å². The lowest BCUT2D eigenvalue weighted by molar-refractivity contribution is 0.102. The van der Waals surface area contributed by atoms with E-state index in [0.717, 1.165) is 0 Å². The molecule has 2 aromatic rings. The highest BCUT2D eigenvalue weighted by molar-refractivity contribution is 6.07. The van der Waals surface area contributed by atoms with Crippen LogP contribution in [0.3, 0.4) is 0 Å². The van der Waals surface area contributed by atoms with Crippen LogP contribution in [0.25, 0.3) is 0 Å². The van der Waals surface area contributed by atoms with Crippen molar-refractivity contribution in [2.24, 2.45) is 0 Å². The number of carbonyl (C=O) groups is 1. The first-order valence-electron chi connectivity index (χ1n) is 5.13. The Balaban J connectivity index is 2.27. The molecular formula is C11H10FN5O. The molecule has 2 N–H and O–H groups in total. The highest BCUT2D eigenvalue weighted by Crippen LogP contribution is 2.19. The fourth-order valence-electron chi connectivity index (χ4n) is 1.44. The number of carbonyl (C=O) groups excluding carboxylic acids is 1. The lowest BCUT2D eigenvalue weighted by atomic mass is 10.1. The van der Waals surface area contributed by atoms with E-state index >= 15 is 0 Å². The normalized spacial score (nSPS) is 9.89. The van der Waals surface area contributed by atoms with Crippen LogP contribution in [0.2, 0.25) is 0 Å². The minimum absolute atomic E-state index is 0.0637. The number of amides is 1. The highest BCUT2D eigenvalue weighted by atomic mass is 19.1. The molecule has 0 saturated heterocycles. The predicted molar refractivity (Wildman–Crippen MR) is 63.7 cm³/mol. The van der Waals surface area contributed by atoms with Crippen molar-refractivity contribution >= 4 is 17.5 Å². The molecule has 1 heterocycles. The molecule has 0 spiro atoms. The Kier molecular flexibility index (Phi) is 3.42. The first-order valence-corrected chi connectivity index (χ1v) is 5.13. The number of para-hydroxylation sites is 1. The number of nitrogens with zero attached hydrogens (tertiary/aromatic N) is 3. The molecule has 92 valence electrons.